The van der Waals surface area contributed by atoms with Crippen molar-refractivity contribution in [3.8, 4) is 0 Å². The molecule has 0 saturated carbocycles. The molecule has 2 amide bonds. The van der Waals surface area contributed by atoms with Crippen LogP contribution < -0.4 is 5.32 Å². The Kier molecular flexibility index (Phi) is 11.3. The number of benzene rings is 3. The van der Waals surface area contributed by atoms with Crippen molar-refractivity contribution < 1.29 is 14.0 Å². The number of hydrogen-bond donors (Lipinski definition) is 1. The van der Waals surface area contributed by atoms with E-state index in [0.717, 1.165) is 17.5 Å². The van der Waals surface area contributed by atoms with E-state index in [1.807, 2.05) is 44.2 Å². The summed E-state index contributed by atoms with van der Waals surface area (Å²) in [6, 6.07) is 20.5. The SMILES string of the molecule is CCC(C)NC(=O)C(Cc1ccccc1)N(Cc1ccc(Cl)c(Cl)c1)C(=O)CSCc1ccccc1F. The normalized spacial score (nSPS) is 12.6. The maximum Gasteiger partial charge on any atom is 0.243 e. The number of amides is 2. The van der Waals surface area contributed by atoms with Gasteiger partial charge in [-0.3, -0.25) is 9.59 Å². The average molecular weight is 562 g/mol. The lowest BCUT2D eigenvalue weighted by molar-refractivity contribution is -0.139. The maximum absolute atomic E-state index is 14.1. The van der Waals surface area contributed by atoms with E-state index in [2.05, 4.69) is 5.32 Å². The van der Waals surface area contributed by atoms with Crippen molar-refractivity contribution in [1.29, 1.82) is 0 Å². The zero-order valence-corrected chi connectivity index (χ0v) is 23.3. The first-order valence-electron chi connectivity index (χ1n) is 12.2. The smallest absolute Gasteiger partial charge is 0.243 e. The van der Waals surface area contributed by atoms with Crippen molar-refractivity contribution in [2.75, 3.05) is 5.75 Å². The number of carbonyl (C=O) groups is 2. The number of halogens is 3. The van der Waals surface area contributed by atoms with E-state index in [1.54, 1.807) is 41.3 Å². The van der Waals surface area contributed by atoms with Crippen LogP contribution in [-0.2, 0) is 28.3 Å². The number of rotatable bonds is 12. The molecule has 37 heavy (non-hydrogen) atoms. The van der Waals surface area contributed by atoms with E-state index in [4.69, 9.17) is 23.2 Å². The highest BCUT2D eigenvalue weighted by molar-refractivity contribution is 7.99. The molecule has 3 aromatic rings. The van der Waals surface area contributed by atoms with Gasteiger partial charge in [-0.25, -0.2) is 4.39 Å². The molecule has 0 spiro atoms. The van der Waals surface area contributed by atoms with Crippen LogP contribution in [0, 0.1) is 5.82 Å². The van der Waals surface area contributed by atoms with Gasteiger partial charge in [-0.2, -0.15) is 0 Å². The first kappa shape index (κ1) is 29.0. The number of thioether (sulfide) groups is 1. The molecule has 0 aliphatic heterocycles. The molecule has 3 rings (SSSR count). The predicted molar refractivity (Wildman–Crippen MR) is 151 cm³/mol. The Morgan fingerprint density at radius 3 is 2.35 bits per heavy atom. The second-order valence-electron chi connectivity index (χ2n) is 8.88. The van der Waals surface area contributed by atoms with Gasteiger partial charge in [0.25, 0.3) is 0 Å². The van der Waals surface area contributed by atoms with Crippen LogP contribution in [0.1, 0.15) is 37.0 Å². The lowest BCUT2D eigenvalue weighted by Gasteiger charge is -2.32. The van der Waals surface area contributed by atoms with E-state index in [1.165, 1.54) is 17.8 Å². The fourth-order valence-corrected chi connectivity index (χ4v) is 4.99. The third-order valence-corrected chi connectivity index (χ3v) is 7.76. The molecule has 0 radical (unpaired) electrons. The van der Waals surface area contributed by atoms with Gasteiger partial charge in [-0.1, -0.05) is 84.7 Å². The van der Waals surface area contributed by atoms with E-state index >= 15 is 0 Å². The first-order valence-corrected chi connectivity index (χ1v) is 14.1. The number of nitrogens with zero attached hydrogens (tertiary/aromatic N) is 1. The molecule has 1 N–H and O–H groups in total. The summed E-state index contributed by atoms with van der Waals surface area (Å²) < 4.78 is 14.1. The molecular formula is C29H31Cl2FN2O2S. The summed E-state index contributed by atoms with van der Waals surface area (Å²) in [7, 11) is 0. The predicted octanol–water partition coefficient (Wildman–Crippen LogP) is 6.92. The van der Waals surface area contributed by atoms with Gasteiger partial charge in [0, 0.05) is 24.8 Å². The van der Waals surface area contributed by atoms with Gasteiger partial charge < -0.3 is 10.2 Å². The van der Waals surface area contributed by atoms with Crippen molar-refractivity contribution in [3.63, 3.8) is 0 Å². The van der Waals surface area contributed by atoms with Crippen LogP contribution in [-0.4, -0.2) is 34.6 Å². The highest BCUT2D eigenvalue weighted by atomic mass is 35.5. The maximum atomic E-state index is 14.1. The van der Waals surface area contributed by atoms with Crippen molar-refractivity contribution >= 4 is 46.8 Å². The molecular weight excluding hydrogens is 530 g/mol. The number of nitrogens with one attached hydrogen (secondary N) is 1. The van der Waals surface area contributed by atoms with Gasteiger partial charge in [-0.15, -0.1) is 11.8 Å². The van der Waals surface area contributed by atoms with Crippen LogP contribution in [0.2, 0.25) is 10.0 Å². The largest absolute Gasteiger partial charge is 0.352 e. The summed E-state index contributed by atoms with van der Waals surface area (Å²) in [6.45, 7) is 4.11. The van der Waals surface area contributed by atoms with Gasteiger partial charge in [0.05, 0.1) is 15.8 Å². The molecule has 0 aliphatic carbocycles. The third kappa shape index (κ3) is 8.77. The molecule has 0 saturated heterocycles. The number of hydrogen-bond acceptors (Lipinski definition) is 3. The second-order valence-corrected chi connectivity index (χ2v) is 10.7. The molecule has 2 unspecified atom stereocenters. The van der Waals surface area contributed by atoms with Crippen molar-refractivity contribution in [2.45, 2.75) is 51.1 Å². The third-order valence-electron chi connectivity index (χ3n) is 6.05. The van der Waals surface area contributed by atoms with Crippen LogP contribution in [0.15, 0.2) is 72.8 Å². The summed E-state index contributed by atoms with van der Waals surface area (Å²) in [5.74, 6) is -0.290. The Morgan fingerprint density at radius 2 is 1.68 bits per heavy atom. The standard InChI is InChI=1S/C29H31Cl2FN2O2S/c1-3-20(2)33-29(36)27(16-21-9-5-4-6-10-21)34(17-22-13-14-24(30)25(31)15-22)28(35)19-37-18-23-11-7-8-12-26(23)32/h4-15,20,27H,3,16-19H2,1-2H3,(H,33,36). The topological polar surface area (TPSA) is 49.4 Å². The Balaban J connectivity index is 1.89. The zero-order valence-electron chi connectivity index (χ0n) is 20.9. The summed E-state index contributed by atoms with van der Waals surface area (Å²) in [6.07, 6.45) is 1.12. The first-order chi connectivity index (χ1) is 17.8. The Bertz CT molecular complexity index is 1200. The van der Waals surface area contributed by atoms with E-state index in [-0.39, 0.29) is 36.0 Å². The summed E-state index contributed by atoms with van der Waals surface area (Å²) in [5, 5.41) is 3.84. The minimum atomic E-state index is -0.743. The molecule has 0 heterocycles. The fraction of sp³-hybridized carbons (Fsp3) is 0.310. The monoisotopic (exact) mass is 560 g/mol. The minimum Gasteiger partial charge on any atom is -0.352 e. The fourth-order valence-electron chi connectivity index (χ4n) is 3.78. The highest BCUT2D eigenvalue weighted by Crippen LogP contribution is 2.25. The van der Waals surface area contributed by atoms with E-state index in [0.29, 0.717) is 27.8 Å². The van der Waals surface area contributed by atoms with Gasteiger partial charge in [0.2, 0.25) is 11.8 Å². The summed E-state index contributed by atoms with van der Waals surface area (Å²) in [4.78, 5) is 28.7. The van der Waals surface area contributed by atoms with Gasteiger partial charge in [-0.05, 0) is 48.2 Å². The lowest BCUT2D eigenvalue weighted by atomic mass is 10.0. The molecule has 0 aromatic heterocycles. The minimum absolute atomic E-state index is 0.0388. The Morgan fingerprint density at radius 1 is 0.973 bits per heavy atom. The van der Waals surface area contributed by atoms with Crippen LogP contribution in [0.25, 0.3) is 0 Å². The molecule has 0 bridgehead atoms. The average Bonchev–Trinajstić information content (AvgIpc) is 2.89. The van der Waals surface area contributed by atoms with E-state index < -0.39 is 6.04 Å². The van der Waals surface area contributed by atoms with E-state index in [9.17, 15) is 14.0 Å². The molecule has 0 fully saturated rings. The molecule has 8 heteroatoms. The molecule has 4 nitrogen and oxygen atoms in total. The summed E-state index contributed by atoms with van der Waals surface area (Å²) >= 11 is 13.7. The van der Waals surface area contributed by atoms with Crippen LogP contribution in [0.3, 0.4) is 0 Å². The lowest BCUT2D eigenvalue weighted by Crippen LogP contribution is -2.52. The second kappa shape index (κ2) is 14.4. The van der Waals surface area contributed by atoms with Gasteiger partial charge in [0.1, 0.15) is 11.9 Å². The molecule has 2 atom stereocenters. The number of carbonyl (C=O) groups excluding carboxylic acids is 2. The van der Waals surface area contributed by atoms with Crippen molar-refractivity contribution in [2.24, 2.45) is 0 Å². The van der Waals surface area contributed by atoms with Crippen molar-refractivity contribution in [1.82, 2.24) is 10.2 Å². The van der Waals surface area contributed by atoms with Crippen LogP contribution in [0.4, 0.5) is 4.39 Å². The van der Waals surface area contributed by atoms with Crippen LogP contribution >= 0.6 is 35.0 Å². The summed E-state index contributed by atoms with van der Waals surface area (Å²) in [5.41, 5.74) is 2.24. The Hall–Kier alpha value is -2.54. The van der Waals surface area contributed by atoms with Crippen molar-refractivity contribution in [3.05, 3.63) is 105 Å². The quantitative estimate of drug-likeness (QED) is 0.261. The molecule has 0 aliphatic rings. The van der Waals surface area contributed by atoms with Crippen LogP contribution in [0.5, 0.6) is 0 Å². The highest BCUT2D eigenvalue weighted by Gasteiger charge is 2.31. The van der Waals surface area contributed by atoms with Gasteiger partial charge in [0.15, 0.2) is 0 Å². The van der Waals surface area contributed by atoms with Gasteiger partial charge >= 0.3 is 0 Å². The molecule has 3 aromatic carbocycles. The molecule has 196 valence electrons. The Labute approximate surface area is 232 Å². The zero-order chi connectivity index (χ0) is 26.8.